The highest BCUT2D eigenvalue weighted by Crippen LogP contribution is 2.27. The van der Waals surface area contributed by atoms with Crippen LogP contribution in [-0.4, -0.2) is 22.1 Å². The largest absolute Gasteiger partial charge is 0.481 e. The second-order valence-corrected chi connectivity index (χ2v) is 3.91. The molecule has 1 aliphatic rings. The molecule has 0 radical (unpaired) electrons. The molecule has 0 unspecified atom stereocenters. The first-order chi connectivity index (χ1) is 7.25. The molecule has 0 saturated heterocycles. The number of aliphatic carboxylic acids is 1. The second kappa shape index (κ2) is 4.40. The van der Waals surface area contributed by atoms with Gasteiger partial charge in [-0.15, -0.1) is 0 Å². The zero-order chi connectivity index (χ0) is 10.7. The van der Waals surface area contributed by atoms with Crippen molar-refractivity contribution >= 4 is 5.97 Å². The molecule has 1 saturated carbocycles. The first-order valence-electron chi connectivity index (χ1n) is 5.12. The van der Waals surface area contributed by atoms with E-state index < -0.39 is 5.97 Å². The first kappa shape index (κ1) is 10.1. The van der Waals surface area contributed by atoms with Crippen molar-refractivity contribution in [2.75, 3.05) is 0 Å². The number of hydrogen-bond acceptors (Lipinski definition) is 3. The van der Waals surface area contributed by atoms with Gasteiger partial charge in [0.1, 0.15) is 0 Å². The van der Waals surface area contributed by atoms with E-state index in [4.69, 9.17) is 5.11 Å². The van der Waals surface area contributed by atoms with Crippen molar-refractivity contribution in [1.29, 1.82) is 0 Å². The summed E-state index contributed by atoms with van der Waals surface area (Å²) in [4.78, 5) is 14.7. The van der Waals surface area contributed by atoms with Crippen LogP contribution in [0.5, 0.6) is 0 Å². The highest BCUT2D eigenvalue weighted by atomic mass is 16.4. The van der Waals surface area contributed by atoms with Gasteiger partial charge >= 0.3 is 5.97 Å². The van der Waals surface area contributed by atoms with E-state index >= 15 is 0 Å². The topological polar surface area (TPSA) is 62.2 Å². The quantitative estimate of drug-likeness (QED) is 0.772. The summed E-state index contributed by atoms with van der Waals surface area (Å²) in [6.45, 7) is 0.720. The third-order valence-electron chi connectivity index (χ3n) is 2.79. The molecule has 80 valence electrons. The fourth-order valence-corrected chi connectivity index (χ4v) is 1.74. The Morgan fingerprint density at radius 3 is 2.93 bits per heavy atom. The summed E-state index contributed by atoms with van der Waals surface area (Å²) >= 11 is 0. The lowest BCUT2D eigenvalue weighted by Gasteiger charge is -2.32. The molecular formula is C11H14N2O2. The van der Waals surface area contributed by atoms with Crippen LogP contribution in [-0.2, 0) is 11.3 Å². The van der Waals surface area contributed by atoms with E-state index in [0.29, 0.717) is 6.04 Å². The van der Waals surface area contributed by atoms with E-state index in [1.54, 1.807) is 6.20 Å². The Labute approximate surface area is 88.3 Å². The average Bonchev–Trinajstić information content (AvgIpc) is 2.16. The molecule has 0 spiro atoms. The molecule has 1 aromatic heterocycles. The van der Waals surface area contributed by atoms with Crippen molar-refractivity contribution in [2.45, 2.75) is 25.4 Å². The van der Waals surface area contributed by atoms with E-state index in [1.165, 1.54) is 0 Å². The fraction of sp³-hybridized carbons (Fsp3) is 0.455. The van der Waals surface area contributed by atoms with Crippen LogP contribution in [0.3, 0.4) is 0 Å². The molecule has 0 bridgehead atoms. The van der Waals surface area contributed by atoms with Gasteiger partial charge in [0.15, 0.2) is 0 Å². The Morgan fingerprint density at radius 1 is 1.53 bits per heavy atom. The lowest BCUT2D eigenvalue weighted by Crippen LogP contribution is -2.43. The van der Waals surface area contributed by atoms with Crippen molar-refractivity contribution in [3.8, 4) is 0 Å². The SMILES string of the molecule is O=C(O)C1CC(NCc2ccccn2)C1. The number of nitrogens with zero attached hydrogens (tertiary/aromatic N) is 1. The number of hydrogen-bond donors (Lipinski definition) is 2. The Morgan fingerprint density at radius 2 is 2.33 bits per heavy atom. The zero-order valence-corrected chi connectivity index (χ0v) is 8.39. The third kappa shape index (κ3) is 2.53. The van der Waals surface area contributed by atoms with Gasteiger partial charge in [0, 0.05) is 18.8 Å². The van der Waals surface area contributed by atoms with Crippen LogP contribution < -0.4 is 5.32 Å². The molecule has 0 amide bonds. The molecular weight excluding hydrogens is 192 g/mol. The predicted octanol–water partition coefficient (Wildman–Crippen LogP) is 1.03. The van der Waals surface area contributed by atoms with Crippen molar-refractivity contribution in [1.82, 2.24) is 10.3 Å². The molecule has 15 heavy (non-hydrogen) atoms. The normalized spacial score (nSPS) is 24.5. The molecule has 0 atom stereocenters. The van der Waals surface area contributed by atoms with Crippen molar-refractivity contribution in [3.63, 3.8) is 0 Å². The molecule has 0 aliphatic heterocycles. The van der Waals surface area contributed by atoms with Gasteiger partial charge in [0.25, 0.3) is 0 Å². The minimum atomic E-state index is -0.675. The number of nitrogens with one attached hydrogen (secondary N) is 1. The number of rotatable bonds is 4. The van der Waals surface area contributed by atoms with Crippen molar-refractivity contribution < 1.29 is 9.90 Å². The molecule has 1 aromatic rings. The number of carboxylic acids is 1. The van der Waals surface area contributed by atoms with Gasteiger partial charge in [-0.05, 0) is 25.0 Å². The Kier molecular flexibility index (Phi) is 2.97. The molecule has 1 heterocycles. The van der Waals surface area contributed by atoms with Crippen LogP contribution in [0, 0.1) is 5.92 Å². The maximum absolute atomic E-state index is 10.6. The van der Waals surface area contributed by atoms with E-state index in [-0.39, 0.29) is 5.92 Å². The number of pyridine rings is 1. The average molecular weight is 206 g/mol. The highest BCUT2D eigenvalue weighted by molar-refractivity contribution is 5.71. The van der Waals surface area contributed by atoms with Gasteiger partial charge in [-0.25, -0.2) is 0 Å². The minimum Gasteiger partial charge on any atom is -0.481 e. The molecule has 0 aromatic carbocycles. The van der Waals surface area contributed by atoms with Crippen LogP contribution in [0.15, 0.2) is 24.4 Å². The molecule has 2 rings (SSSR count). The second-order valence-electron chi connectivity index (χ2n) is 3.91. The van der Waals surface area contributed by atoms with Crippen molar-refractivity contribution in [3.05, 3.63) is 30.1 Å². The number of carboxylic acid groups (broad SMARTS) is 1. The summed E-state index contributed by atoms with van der Waals surface area (Å²) in [5.74, 6) is -0.822. The van der Waals surface area contributed by atoms with Crippen LogP contribution in [0.1, 0.15) is 18.5 Å². The summed E-state index contributed by atoms with van der Waals surface area (Å²) in [5, 5.41) is 12.0. The minimum absolute atomic E-state index is 0.147. The summed E-state index contributed by atoms with van der Waals surface area (Å²) in [6.07, 6.45) is 3.24. The monoisotopic (exact) mass is 206 g/mol. The van der Waals surface area contributed by atoms with Gasteiger partial charge < -0.3 is 10.4 Å². The summed E-state index contributed by atoms with van der Waals surface area (Å²) in [5.41, 5.74) is 0.997. The van der Waals surface area contributed by atoms with E-state index in [1.807, 2.05) is 18.2 Å². The van der Waals surface area contributed by atoms with E-state index in [2.05, 4.69) is 10.3 Å². The van der Waals surface area contributed by atoms with Gasteiger partial charge in [-0.3, -0.25) is 9.78 Å². The van der Waals surface area contributed by atoms with E-state index in [9.17, 15) is 4.79 Å². The summed E-state index contributed by atoms with van der Waals surface area (Å²) in [7, 11) is 0. The molecule has 4 nitrogen and oxygen atoms in total. The lowest BCUT2D eigenvalue weighted by atomic mass is 9.80. The third-order valence-corrected chi connectivity index (χ3v) is 2.79. The van der Waals surface area contributed by atoms with E-state index in [0.717, 1.165) is 25.1 Å². The fourth-order valence-electron chi connectivity index (χ4n) is 1.74. The Bertz CT molecular complexity index is 334. The van der Waals surface area contributed by atoms with Gasteiger partial charge in [0.2, 0.25) is 0 Å². The predicted molar refractivity (Wildman–Crippen MR) is 55.2 cm³/mol. The van der Waals surface area contributed by atoms with Crippen LogP contribution in [0.2, 0.25) is 0 Å². The number of carbonyl (C=O) groups is 1. The summed E-state index contributed by atoms with van der Waals surface area (Å²) in [6, 6.07) is 6.13. The molecule has 2 N–H and O–H groups in total. The zero-order valence-electron chi connectivity index (χ0n) is 8.39. The maximum Gasteiger partial charge on any atom is 0.306 e. The lowest BCUT2D eigenvalue weighted by molar-refractivity contribution is -0.145. The van der Waals surface area contributed by atoms with Crippen molar-refractivity contribution in [2.24, 2.45) is 5.92 Å². The number of aromatic nitrogens is 1. The Hall–Kier alpha value is -1.42. The van der Waals surface area contributed by atoms with Gasteiger partial charge in [0.05, 0.1) is 11.6 Å². The van der Waals surface area contributed by atoms with Crippen LogP contribution in [0.25, 0.3) is 0 Å². The highest BCUT2D eigenvalue weighted by Gasteiger charge is 2.33. The molecule has 1 aliphatic carbocycles. The van der Waals surface area contributed by atoms with Crippen LogP contribution in [0.4, 0.5) is 0 Å². The van der Waals surface area contributed by atoms with Crippen LogP contribution >= 0.6 is 0 Å². The molecule has 1 fully saturated rings. The first-order valence-corrected chi connectivity index (χ1v) is 5.12. The van der Waals surface area contributed by atoms with Gasteiger partial charge in [-0.1, -0.05) is 6.07 Å². The smallest absolute Gasteiger partial charge is 0.306 e. The molecule has 4 heteroatoms. The standard InChI is InChI=1S/C11H14N2O2/c14-11(15)8-5-10(6-8)13-7-9-3-1-2-4-12-9/h1-4,8,10,13H,5-7H2,(H,14,15). The summed E-state index contributed by atoms with van der Waals surface area (Å²) < 4.78 is 0. The Balaban J connectivity index is 1.71. The maximum atomic E-state index is 10.6. The van der Waals surface area contributed by atoms with Gasteiger partial charge in [-0.2, -0.15) is 0 Å².